The molecule has 2 fully saturated rings. The molecular weight excluding hydrogens is 427 g/mol. The number of methoxy groups -OCH3 is 1. The topological polar surface area (TPSA) is 76.0 Å². The van der Waals surface area contributed by atoms with Gasteiger partial charge in [0.25, 0.3) is 5.91 Å². The lowest BCUT2D eigenvalue weighted by Gasteiger charge is -2.24. The van der Waals surface area contributed by atoms with Gasteiger partial charge in [-0.1, -0.05) is 36.0 Å². The highest BCUT2D eigenvalue weighted by Crippen LogP contribution is 2.39. The molecular formula is C21H21FN2O4S2. The molecule has 2 aromatic rings. The molecule has 0 radical (unpaired) electrons. The molecule has 0 aromatic heterocycles. The molecule has 2 heterocycles. The molecule has 0 saturated carbocycles. The summed E-state index contributed by atoms with van der Waals surface area (Å²) in [7, 11) is -1.51. The minimum atomic E-state index is -3.10. The predicted octanol–water partition coefficient (Wildman–Crippen LogP) is 2.67. The molecule has 1 amide bonds. The maximum absolute atomic E-state index is 13.1. The van der Waals surface area contributed by atoms with E-state index in [1.807, 2.05) is 29.2 Å². The van der Waals surface area contributed by atoms with Crippen LogP contribution in [0.2, 0.25) is 0 Å². The lowest BCUT2D eigenvalue weighted by atomic mass is 10.1. The molecule has 2 aromatic carbocycles. The number of sulfone groups is 1. The van der Waals surface area contributed by atoms with Crippen molar-refractivity contribution < 1.29 is 22.3 Å². The number of hydrogen-bond acceptors (Lipinski definition) is 5. The van der Waals surface area contributed by atoms with Gasteiger partial charge in [0.05, 0.1) is 31.1 Å². The number of carbonyl (C=O) groups excluding carboxylic acids is 1. The Kier molecular flexibility index (Phi) is 5.84. The van der Waals surface area contributed by atoms with Crippen LogP contribution in [-0.2, 0) is 27.6 Å². The molecule has 9 heteroatoms. The average molecular weight is 449 g/mol. The average Bonchev–Trinajstić information content (AvgIpc) is 3.16. The van der Waals surface area contributed by atoms with Gasteiger partial charge in [-0.25, -0.2) is 12.8 Å². The second-order valence-corrected chi connectivity index (χ2v) is 10.7. The smallest absolute Gasteiger partial charge is 0.252 e. The second-order valence-electron chi connectivity index (χ2n) is 7.37. The van der Waals surface area contributed by atoms with Crippen LogP contribution in [0.3, 0.4) is 0 Å². The van der Waals surface area contributed by atoms with Gasteiger partial charge in [0.15, 0.2) is 15.0 Å². The Morgan fingerprint density at radius 2 is 1.80 bits per heavy atom. The highest BCUT2D eigenvalue weighted by atomic mass is 32.2. The third-order valence-electron chi connectivity index (χ3n) is 5.18. The van der Waals surface area contributed by atoms with Crippen molar-refractivity contribution in [3.8, 4) is 5.75 Å². The fraction of sp³-hybridized carbons (Fsp3) is 0.333. The monoisotopic (exact) mass is 448 g/mol. The highest BCUT2D eigenvalue weighted by Gasteiger charge is 2.48. The lowest BCUT2D eigenvalue weighted by molar-refractivity contribution is -0.117. The van der Waals surface area contributed by atoms with Crippen molar-refractivity contribution in [2.75, 3.05) is 18.6 Å². The molecule has 0 N–H and O–H groups in total. The quantitative estimate of drug-likeness (QED) is 0.700. The molecule has 0 bridgehead atoms. The van der Waals surface area contributed by atoms with Crippen molar-refractivity contribution >= 4 is 32.7 Å². The van der Waals surface area contributed by atoms with E-state index in [4.69, 9.17) is 4.74 Å². The number of aliphatic imine (C=N–C) groups is 1. The molecule has 30 heavy (non-hydrogen) atoms. The third-order valence-corrected chi connectivity index (χ3v) is 8.42. The Bertz CT molecular complexity index is 1070. The van der Waals surface area contributed by atoms with Crippen LogP contribution in [0.5, 0.6) is 5.75 Å². The van der Waals surface area contributed by atoms with Gasteiger partial charge in [-0.05, 0) is 35.4 Å². The van der Waals surface area contributed by atoms with Gasteiger partial charge < -0.3 is 9.64 Å². The summed E-state index contributed by atoms with van der Waals surface area (Å²) in [5.41, 5.74) is 1.65. The van der Waals surface area contributed by atoms with Crippen molar-refractivity contribution in [1.82, 2.24) is 4.90 Å². The SMILES string of the molecule is COc1ccc(CN2C(=NC(=O)Cc3ccc(F)cc3)S[C@@H]3CS(=O)(=O)C[C@@H]32)cc1. The molecule has 2 aliphatic rings. The first-order valence-corrected chi connectivity index (χ1v) is 12.2. The summed E-state index contributed by atoms with van der Waals surface area (Å²) in [6.45, 7) is 0.455. The maximum Gasteiger partial charge on any atom is 0.252 e. The number of ether oxygens (including phenoxy) is 1. The van der Waals surface area contributed by atoms with Crippen LogP contribution in [0.1, 0.15) is 11.1 Å². The van der Waals surface area contributed by atoms with Gasteiger partial charge in [0.1, 0.15) is 11.6 Å². The van der Waals surface area contributed by atoms with Crippen LogP contribution in [0.15, 0.2) is 53.5 Å². The van der Waals surface area contributed by atoms with Gasteiger partial charge in [-0.2, -0.15) is 4.99 Å². The van der Waals surface area contributed by atoms with E-state index in [-0.39, 0.29) is 40.9 Å². The zero-order valence-electron chi connectivity index (χ0n) is 16.3. The van der Waals surface area contributed by atoms with Crippen LogP contribution in [0, 0.1) is 5.82 Å². The first-order valence-electron chi connectivity index (χ1n) is 9.45. The fourth-order valence-corrected chi connectivity index (χ4v) is 7.64. The normalized spacial score (nSPS) is 23.5. The summed E-state index contributed by atoms with van der Waals surface area (Å²) in [4.78, 5) is 18.7. The molecule has 2 atom stereocenters. The Balaban J connectivity index is 1.55. The summed E-state index contributed by atoms with van der Waals surface area (Å²) in [6.07, 6.45) is 0.0638. The first kappa shape index (κ1) is 20.9. The summed E-state index contributed by atoms with van der Waals surface area (Å²) in [5, 5.41) is 0.411. The van der Waals surface area contributed by atoms with Crippen LogP contribution in [0.4, 0.5) is 4.39 Å². The van der Waals surface area contributed by atoms with Crippen molar-refractivity contribution in [3.63, 3.8) is 0 Å². The van der Waals surface area contributed by atoms with Crippen LogP contribution in [0.25, 0.3) is 0 Å². The van der Waals surface area contributed by atoms with E-state index in [9.17, 15) is 17.6 Å². The molecule has 4 rings (SSSR count). The molecule has 6 nitrogen and oxygen atoms in total. The van der Waals surface area contributed by atoms with E-state index in [1.165, 1.54) is 23.9 Å². The Morgan fingerprint density at radius 3 is 2.47 bits per heavy atom. The van der Waals surface area contributed by atoms with E-state index in [0.717, 1.165) is 11.3 Å². The van der Waals surface area contributed by atoms with Gasteiger partial charge in [0, 0.05) is 11.8 Å². The van der Waals surface area contributed by atoms with Crippen LogP contribution < -0.4 is 4.74 Å². The van der Waals surface area contributed by atoms with Gasteiger partial charge in [-0.15, -0.1) is 0 Å². The largest absolute Gasteiger partial charge is 0.497 e. The molecule has 0 aliphatic carbocycles. The zero-order valence-corrected chi connectivity index (χ0v) is 18.0. The van der Waals surface area contributed by atoms with Gasteiger partial charge in [-0.3, -0.25) is 4.79 Å². The number of carbonyl (C=O) groups is 1. The van der Waals surface area contributed by atoms with E-state index < -0.39 is 9.84 Å². The molecule has 0 unspecified atom stereocenters. The number of nitrogens with zero attached hydrogens (tertiary/aromatic N) is 2. The number of halogens is 1. The van der Waals surface area contributed by atoms with Crippen molar-refractivity contribution in [1.29, 1.82) is 0 Å². The van der Waals surface area contributed by atoms with Crippen molar-refractivity contribution in [3.05, 3.63) is 65.5 Å². The third kappa shape index (κ3) is 4.67. The maximum atomic E-state index is 13.1. The van der Waals surface area contributed by atoms with E-state index in [1.54, 1.807) is 19.2 Å². The number of benzene rings is 2. The van der Waals surface area contributed by atoms with Crippen LogP contribution in [-0.4, -0.2) is 54.3 Å². The lowest BCUT2D eigenvalue weighted by Crippen LogP contribution is -2.37. The molecule has 2 saturated heterocycles. The van der Waals surface area contributed by atoms with E-state index in [0.29, 0.717) is 17.3 Å². The standard InChI is InChI=1S/C21H21FN2O4S2/c1-28-17-8-4-15(5-9-17)11-24-18-12-30(26,27)13-19(18)29-21(24)23-20(25)10-14-2-6-16(22)7-3-14/h2-9,18-19H,10-13H2,1H3/t18-,19+/m0/s1. The fourth-order valence-electron chi connectivity index (χ4n) is 3.67. The first-order chi connectivity index (χ1) is 14.3. The van der Waals surface area contributed by atoms with Gasteiger partial charge >= 0.3 is 0 Å². The summed E-state index contributed by atoms with van der Waals surface area (Å²) < 4.78 is 42.5. The zero-order chi connectivity index (χ0) is 21.3. The molecule has 158 valence electrons. The molecule has 2 aliphatic heterocycles. The van der Waals surface area contributed by atoms with Crippen LogP contribution >= 0.6 is 11.8 Å². The van der Waals surface area contributed by atoms with Gasteiger partial charge in [0.2, 0.25) is 0 Å². The van der Waals surface area contributed by atoms with E-state index in [2.05, 4.69) is 4.99 Å². The Morgan fingerprint density at radius 1 is 1.13 bits per heavy atom. The highest BCUT2D eigenvalue weighted by molar-refractivity contribution is 8.15. The Labute approximate surface area is 179 Å². The van der Waals surface area contributed by atoms with E-state index >= 15 is 0 Å². The minimum Gasteiger partial charge on any atom is -0.497 e. The number of amides is 1. The number of fused-ring (bicyclic) bond motifs is 1. The number of rotatable bonds is 5. The number of amidine groups is 1. The molecule has 0 spiro atoms. The summed E-state index contributed by atoms with van der Waals surface area (Å²) in [5.74, 6) is 0.188. The Hall–Kier alpha value is -2.39. The summed E-state index contributed by atoms with van der Waals surface area (Å²) in [6, 6.07) is 13.1. The second kappa shape index (κ2) is 8.39. The van der Waals surface area contributed by atoms with Crippen molar-refractivity contribution in [2.45, 2.75) is 24.3 Å². The summed E-state index contributed by atoms with van der Waals surface area (Å²) >= 11 is 1.35. The minimum absolute atomic E-state index is 0.0615. The van der Waals surface area contributed by atoms with Crippen molar-refractivity contribution in [2.24, 2.45) is 4.99 Å². The number of hydrogen-bond donors (Lipinski definition) is 0. The predicted molar refractivity (Wildman–Crippen MR) is 115 cm³/mol. The number of thioether (sulfide) groups is 1.